The van der Waals surface area contributed by atoms with Crippen LogP contribution in [0.2, 0.25) is 0 Å². The molecule has 33 heavy (non-hydrogen) atoms. The van der Waals surface area contributed by atoms with Gasteiger partial charge >= 0.3 is 0 Å². The molecule has 0 saturated heterocycles. The van der Waals surface area contributed by atoms with Crippen molar-refractivity contribution in [1.82, 2.24) is 0 Å². The Labute approximate surface area is 189 Å². The Morgan fingerprint density at radius 1 is 0.636 bits per heavy atom. The number of nitrogens with two attached hydrogens (primary N) is 4. The summed E-state index contributed by atoms with van der Waals surface area (Å²) in [6.45, 7) is 0. The molecule has 0 radical (unpaired) electrons. The fourth-order valence-electron chi connectivity index (χ4n) is 3.65. The van der Waals surface area contributed by atoms with E-state index in [1.54, 1.807) is 12.2 Å². The number of carbonyl (C=O) groups is 5. The number of carbonyl (C=O) groups excluding carboxylic acids is 5. The van der Waals surface area contributed by atoms with Crippen molar-refractivity contribution < 1.29 is 24.0 Å². The molecule has 8 N–H and O–H groups in total. The summed E-state index contributed by atoms with van der Waals surface area (Å²) < 4.78 is 0. The molecule has 168 valence electrons. The molecule has 1 aliphatic carbocycles. The van der Waals surface area contributed by atoms with Gasteiger partial charge in [0.2, 0.25) is 23.6 Å². The number of primary amides is 4. The molecule has 0 aliphatic heterocycles. The van der Waals surface area contributed by atoms with E-state index < -0.39 is 23.6 Å². The van der Waals surface area contributed by atoms with Gasteiger partial charge in [-0.3, -0.25) is 24.0 Å². The van der Waals surface area contributed by atoms with E-state index in [4.69, 9.17) is 22.9 Å². The van der Waals surface area contributed by atoms with E-state index in [0.717, 1.165) is 0 Å². The Morgan fingerprint density at radius 3 is 1.36 bits per heavy atom. The predicted octanol–water partition coefficient (Wildman–Crippen LogP) is 1.30. The zero-order valence-electron chi connectivity index (χ0n) is 17.6. The average molecular weight is 446 g/mol. The molecule has 2 aromatic carbocycles. The highest BCUT2D eigenvalue weighted by molar-refractivity contribution is 6.15. The lowest BCUT2D eigenvalue weighted by Gasteiger charge is -2.17. The fourth-order valence-corrected chi connectivity index (χ4v) is 3.65. The van der Waals surface area contributed by atoms with Gasteiger partial charge in [0.05, 0.1) is 0 Å². The average Bonchev–Trinajstić information content (AvgIpc) is 2.76. The SMILES string of the molecule is NC(=O)c1ccc(C=C2CCCC(=Cc3ccc(C(N)=O)cc3C(N)=O)C2=O)c(C(N)=O)c1. The summed E-state index contributed by atoms with van der Waals surface area (Å²) in [7, 11) is 0. The van der Waals surface area contributed by atoms with Gasteiger partial charge in [-0.15, -0.1) is 0 Å². The predicted molar refractivity (Wildman–Crippen MR) is 122 cm³/mol. The first-order valence-electron chi connectivity index (χ1n) is 10.0. The number of hydrogen-bond donors (Lipinski definition) is 4. The quantitative estimate of drug-likeness (QED) is 0.485. The number of allylic oxidation sites excluding steroid dienone is 2. The summed E-state index contributed by atoms with van der Waals surface area (Å²) in [4.78, 5) is 59.7. The molecule has 0 unspecified atom stereocenters. The topological polar surface area (TPSA) is 189 Å². The van der Waals surface area contributed by atoms with E-state index in [1.165, 1.54) is 36.4 Å². The number of hydrogen-bond acceptors (Lipinski definition) is 5. The van der Waals surface area contributed by atoms with Crippen LogP contribution in [-0.2, 0) is 4.79 Å². The lowest BCUT2D eigenvalue weighted by atomic mass is 9.85. The van der Waals surface area contributed by atoms with E-state index in [9.17, 15) is 24.0 Å². The maximum atomic E-state index is 13.1. The zero-order valence-corrected chi connectivity index (χ0v) is 17.6. The van der Waals surface area contributed by atoms with Gasteiger partial charge < -0.3 is 22.9 Å². The third-order valence-electron chi connectivity index (χ3n) is 5.34. The second-order valence-corrected chi connectivity index (χ2v) is 7.58. The van der Waals surface area contributed by atoms with Gasteiger partial charge in [0, 0.05) is 33.4 Å². The van der Waals surface area contributed by atoms with Crippen LogP contribution >= 0.6 is 0 Å². The normalized spacial score (nSPS) is 16.1. The smallest absolute Gasteiger partial charge is 0.249 e. The van der Waals surface area contributed by atoms with Crippen LogP contribution in [0.25, 0.3) is 12.2 Å². The lowest BCUT2D eigenvalue weighted by molar-refractivity contribution is -0.112. The number of amides is 4. The maximum Gasteiger partial charge on any atom is 0.249 e. The van der Waals surface area contributed by atoms with Crippen LogP contribution < -0.4 is 22.9 Å². The molecule has 3 rings (SSSR count). The number of benzene rings is 2. The Hall–Kier alpha value is -4.53. The van der Waals surface area contributed by atoms with Crippen molar-refractivity contribution in [2.75, 3.05) is 0 Å². The minimum absolute atomic E-state index is 0.0701. The second kappa shape index (κ2) is 9.31. The van der Waals surface area contributed by atoms with Crippen molar-refractivity contribution in [2.24, 2.45) is 22.9 Å². The third kappa shape index (κ3) is 5.04. The highest BCUT2D eigenvalue weighted by atomic mass is 16.2. The molecule has 0 aromatic heterocycles. The van der Waals surface area contributed by atoms with Crippen molar-refractivity contribution in [1.29, 1.82) is 0 Å². The number of ketones is 1. The Kier molecular flexibility index (Phi) is 6.53. The molecule has 9 nitrogen and oxygen atoms in total. The minimum atomic E-state index is -0.760. The first kappa shape index (κ1) is 23.1. The monoisotopic (exact) mass is 446 g/mol. The molecule has 1 fully saturated rings. The molecule has 0 atom stereocenters. The van der Waals surface area contributed by atoms with Gasteiger partial charge in [-0.05, 0) is 66.8 Å². The standard InChI is InChI=1S/C24H22N4O5/c25-21(30)16-6-4-12(18(10-16)23(27)32)8-14-2-1-3-15(20(14)29)9-13-5-7-17(22(26)31)11-19(13)24(28)33/h4-11H,1-3H2,(H2,25,30)(H2,26,31)(H2,27,32)(H2,28,33). The van der Waals surface area contributed by atoms with Crippen LogP contribution in [0.5, 0.6) is 0 Å². The zero-order chi connectivity index (χ0) is 24.3. The number of Topliss-reactive ketones (excluding diaryl/α,β-unsaturated/α-hetero) is 1. The van der Waals surface area contributed by atoms with E-state index in [1.807, 2.05) is 0 Å². The minimum Gasteiger partial charge on any atom is -0.366 e. The van der Waals surface area contributed by atoms with Crippen molar-refractivity contribution in [3.05, 3.63) is 80.9 Å². The molecule has 0 heterocycles. The van der Waals surface area contributed by atoms with Crippen LogP contribution in [0.1, 0.15) is 71.8 Å². The molecule has 0 bridgehead atoms. The Bertz CT molecular complexity index is 1180. The summed E-state index contributed by atoms with van der Waals surface area (Å²) in [6, 6.07) is 8.49. The fraction of sp³-hybridized carbons (Fsp3) is 0.125. The summed E-state index contributed by atoms with van der Waals surface area (Å²) in [5.74, 6) is -3.19. The summed E-state index contributed by atoms with van der Waals surface area (Å²) in [6.07, 6.45) is 4.71. The van der Waals surface area contributed by atoms with E-state index in [2.05, 4.69) is 0 Å². The van der Waals surface area contributed by atoms with Gasteiger partial charge in [0.25, 0.3) is 0 Å². The van der Waals surface area contributed by atoms with E-state index >= 15 is 0 Å². The third-order valence-corrected chi connectivity index (χ3v) is 5.34. The second-order valence-electron chi connectivity index (χ2n) is 7.58. The van der Waals surface area contributed by atoms with E-state index in [-0.39, 0.29) is 28.0 Å². The van der Waals surface area contributed by atoms with Gasteiger partial charge in [0.15, 0.2) is 5.78 Å². The first-order chi connectivity index (χ1) is 15.6. The molecule has 2 aromatic rings. The molecular formula is C24H22N4O5. The van der Waals surface area contributed by atoms with Crippen LogP contribution in [-0.4, -0.2) is 29.4 Å². The van der Waals surface area contributed by atoms with Gasteiger partial charge in [-0.2, -0.15) is 0 Å². The van der Waals surface area contributed by atoms with Crippen LogP contribution in [0.4, 0.5) is 0 Å². The molecule has 0 spiro atoms. The van der Waals surface area contributed by atoms with Gasteiger partial charge in [-0.25, -0.2) is 0 Å². The summed E-state index contributed by atoms with van der Waals surface area (Å²) in [5, 5.41) is 0. The van der Waals surface area contributed by atoms with Crippen molar-refractivity contribution in [3.8, 4) is 0 Å². The van der Waals surface area contributed by atoms with Crippen LogP contribution in [0, 0.1) is 0 Å². The van der Waals surface area contributed by atoms with Crippen LogP contribution in [0.3, 0.4) is 0 Å². The highest BCUT2D eigenvalue weighted by Gasteiger charge is 2.22. The summed E-state index contributed by atoms with van der Waals surface area (Å²) >= 11 is 0. The van der Waals surface area contributed by atoms with E-state index in [0.29, 0.717) is 41.5 Å². The van der Waals surface area contributed by atoms with Gasteiger partial charge in [-0.1, -0.05) is 12.1 Å². The van der Waals surface area contributed by atoms with Crippen molar-refractivity contribution in [3.63, 3.8) is 0 Å². The number of rotatable bonds is 6. The van der Waals surface area contributed by atoms with Crippen LogP contribution in [0.15, 0.2) is 47.5 Å². The Balaban J connectivity index is 2.02. The largest absolute Gasteiger partial charge is 0.366 e. The molecular weight excluding hydrogens is 424 g/mol. The maximum absolute atomic E-state index is 13.1. The summed E-state index contributed by atoms with van der Waals surface area (Å²) in [5.41, 5.74) is 23.5. The van der Waals surface area contributed by atoms with Gasteiger partial charge in [0.1, 0.15) is 0 Å². The highest BCUT2D eigenvalue weighted by Crippen LogP contribution is 2.29. The molecule has 9 heteroatoms. The van der Waals surface area contributed by atoms with Crippen molar-refractivity contribution in [2.45, 2.75) is 19.3 Å². The molecule has 4 amide bonds. The first-order valence-corrected chi connectivity index (χ1v) is 10.0. The van der Waals surface area contributed by atoms with Crippen molar-refractivity contribution >= 4 is 41.6 Å². The lowest BCUT2D eigenvalue weighted by Crippen LogP contribution is -2.18. The molecule has 1 aliphatic rings. The molecule has 1 saturated carbocycles. The Morgan fingerprint density at radius 2 is 1.03 bits per heavy atom.